The molecule has 0 radical (unpaired) electrons. The third-order valence-electron chi connectivity index (χ3n) is 8.06. The minimum Gasteiger partial charge on any atom is -0.466 e. The summed E-state index contributed by atoms with van der Waals surface area (Å²) < 4.78 is 58.7. The van der Waals surface area contributed by atoms with Crippen molar-refractivity contribution in [1.29, 1.82) is 0 Å². The Hall–Kier alpha value is -3.11. The van der Waals surface area contributed by atoms with E-state index in [0.717, 1.165) is 73.6 Å². The van der Waals surface area contributed by atoms with Crippen LogP contribution in [0.2, 0.25) is 5.02 Å². The van der Waals surface area contributed by atoms with Crippen LogP contribution in [0.5, 0.6) is 0 Å². The van der Waals surface area contributed by atoms with Crippen LogP contribution in [-0.2, 0) is 25.9 Å². The summed E-state index contributed by atoms with van der Waals surface area (Å²) in [5.41, 5.74) is 3.81. The van der Waals surface area contributed by atoms with Crippen molar-refractivity contribution in [2.45, 2.75) is 32.4 Å². The van der Waals surface area contributed by atoms with Crippen molar-refractivity contribution in [3.63, 3.8) is 0 Å². The van der Waals surface area contributed by atoms with Crippen LogP contribution >= 0.6 is 11.6 Å². The molecule has 3 aromatic rings. The highest BCUT2D eigenvalue weighted by molar-refractivity contribution is 8.00. The molecule has 0 spiro atoms. The number of carbonyl (C=O) groups excluding carboxylic acids is 1. The van der Waals surface area contributed by atoms with Gasteiger partial charge in [-0.1, -0.05) is 48.0 Å². The normalized spacial score (nSPS) is 17.4. The first-order valence-electron chi connectivity index (χ1n) is 14.4. The van der Waals surface area contributed by atoms with Gasteiger partial charge in [-0.25, -0.2) is 17.2 Å². The Morgan fingerprint density at radius 3 is 2.05 bits per heavy atom. The molecule has 2 saturated heterocycles. The number of carbonyl (C=O) groups is 1. The number of likely N-dealkylation sites (tertiary alicyclic amines) is 2. The van der Waals surface area contributed by atoms with Crippen LogP contribution in [0.1, 0.15) is 48.1 Å². The first kappa shape index (κ1) is 31.3. The second-order valence-corrected chi connectivity index (χ2v) is 13.7. The fraction of sp³-hybridized carbons (Fsp3) is 0.364. The van der Waals surface area contributed by atoms with Gasteiger partial charge < -0.3 is 4.74 Å². The Balaban J connectivity index is 1.35. The maximum atomic E-state index is 14.0. The lowest BCUT2D eigenvalue weighted by atomic mass is 9.91. The second-order valence-electron chi connectivity index (χ2n) is 11.3. The van der Waals surface area contributed by atoms with E-state index in [1.165, 1.54) is 0 Å². The van der Waals surface area contributed by atoms with Gasteiger partial charge >= 0.3 is 5.97 Å². The van der Waals surface area contributed by atoms with Gasteiger partial charge in [-0.2, -0.15) is 0 Å². The summed E-state index contributed by atoms with van der Waals surface area (Å²) in [6, 6.07) is 18.6. The van der Waals surface area contributed by atoms with Gasteiger partial charge in [-0.15, -0.1) is 0 Å². The Kier molecular flexibility index (Phi) is 9.66. The predicted molar refractivity (Wildman–Crippen MR) is 164 cm³/mol. The summed E-state index contributed by atoms with van der Waals surface area (Å²) in [5, 5.41) is 0.612. The van der Waals surface area contributed by atoms with Gasteiger partial charge in [-0.3, -0.25) is 14.6 Å². The van der Waals surface area contributed by atoms with Gasteiger partial charge in [0.1, 0.15) is 11.6 Å². The molecule has 228 valence electrons. The zero-order valence-corrected chi connectivity index (χ0v) is 25.8. The highest BCUT2D eigenvalue weighted by atomic mass is 35.5. The maximum absolute atomic E-state index is 14.0. The Bertz CT molecular complexity index is 1570. The van der Waals surface area contributed by atoms with Gasteiger partial charge in [0.15, 0.2) is 9.84 Å². The molecule has 0 amide bonds. The van der Waals surface area contributed by atoms with Crippen LogP contribution in [0, 0.1) is 17.6 Å². The molecule has 0 aromatic heterocycles. The van der Waals surface area contributed by atoms with Crippen LogP contribution in [0.3, 0.4) is 0 Å². The number of benzene rings is 3. The van der Waals surface area contributed by atoms with Gasteiger partial charge in [0.2, 0.25) is 0 Å². The molecule has 0 N–H and O–H groups in total. The van der Waals surface area contributed by atoms with Crippen molar-refractivity contribution in [1.82, 2.24) is 9.80 Å². The SMILES string of the molecule is CCOC(=O)C1CCN(Cc2ccc(C(c3ccc(Cl)cc3)N3CC(=C(c4cc(F)cc(F)c4)S(C)(=O)=O)C3)cc2)CC1. The molecule has 3 aromatic carbocycles. The van der Waals surface area contributed by atoms with E-state index in [2.05, 4.69) is 34.1 Å². The number of halogens is 3. The van der Waals surface area contributed by atoms with E-state index >= 15 is 0 Å². The Labute approximate surface area is 256 Å². The van der Waals surface area contributed by atoms with Crippen LogP contribution < -0.4 is 0 Å². The number of rotatable bonds is 9. The fourth-order valence-electron chi connectivity index (χ4n) is 6.05. The van der Waals surface area contributed by atoms with Crippen molar-refractivity contribution in [2.24, 2.45) is 5.92 Å². The minimum atomic E-state index is -3.75. The average Bonchev–Trinajstić information content (AvgIpc) is 2.93. The molecule has 0 aliphatic carbocycles. The van der Waals surface area contributed by atoms with Gasteiger partial charge in [-0.05, 0) is 84.9 Å². The highest BCUT2D eigenvalue weighted by Crippen LogP contribution is 2.39. The summed E-state index contributed by atoms with van der Waals surface area (Å²) >= 11 is 6.17. The van der Waals surface area contributed by atoms with E-state index in [0.29, 0.717) is 30.3 Å². The largest absolute Gasteiger partial charge is 0.466 e. The van der Waals surface area contributed by atoms with Gasteiger partial charge in [0, 0.05) is 37.0 Å². The summed E-state index contributed by atoms with van der Waals surface area (Å²) in [6.45, 7) is 5.33. The average molecular weight is 629 g/mol. The number of hydrogen-bond donors (Lipinski definition) is 0. The molecule has 2 fully saturated rings. The molecule has 0 saturated carbocycles. The minimum absolute atomic E-state index is 0.0216. The first-order valence-corrected chi connectivity index (χ1v) is 16.6. The van der Waals surface area contributed by atoms with Crippen molar-refractivity contribution in [2.75, 3.05) is 39.0 Å². The van der Waals surface area contributed by atoms with E-state index in [9.17, 15) is 22.0 Å². The topological polar surface area (TPSA) is 66.9 Å². The van der Waals surface area contributed by atoms with E-state index in [4.69, 9.17) is 16.3 Å². The molecular weight excluding hydrogens is 594 g/mol. The standard InChI is InChI=1S/C33H35ClF2N2O4S/c1-3-42-33(39)25-12-14-37(15-13-25)19-22-4-6-23(7-5-22)31(24-8-10-28(34)11-9-24)38-20-27(21-38)32(43(2,40)41)26-16-29(35)18-30(36)17-26/h4-11,16-18,25,31H,3,12-15,19-21H2,1-2H3. The number of nitrogens with zero attached hydrogens (tertiary/aromatic N) is 2. The molecule has 43 heavy (non-hydrogen) atoms. The molecule has 1 atom stereocenters. The third kappa shape index (κ3) is 7.52. The molecule has 5 rings (SSSR count). The fourth-order valence-corrected chi connectivity index (χ4v) is 7.37. The van der Waals surface area contributed by atoms with Crippen molar-refractivity contribution < 1.29 is 26.7 Å². The highest BCUT2D eigenvalue weighted by Gasteiger charge is 2.35. The van der Waals surface area contributed by atoms with Crippen LogP contribution in [0.4, 0.5) is 8.78 Å². The smallest absolute Gasteiger partial charge is 0.309 e. The summed E-state index contributed by atoms with van der Waals surface area (Å²) in [6.07, 6.45) is 2.64. The van der Waals surface area contributed by atoms with E-state index in [-0.39, 0.29) is 28.4 Å². The molecule has 0 bridgehead atoms. The molecule has 2 heterocycles. The summed E-state index contributed by atoms with van der Waals surface area (Å²) in [5.74, 6) is -1.78. The lowest BCUT2D eigenvalue weighted by Gasteiger charge is -2.42. The number of sulfone groups is 1. The molecular formula is C33H35ClF2N2O4S. The summed E-state index contributed by atoms with van der Waals surface area (Å²) in [7, 11) is -3.75. The maximum Gasteiger partial charge on any atom is 0.309 e. The third-order valence-corrected chi connectivity index (χ3v) is 9.58. The molecule has 2 aliphatic rings. The molecule has 2 aliphatic heterocycles. The summed E-state index contributed by atoms with van der Waals surface area (Å²) in [4.78, 5) is 16.5. The number of esters is 1. The van der Waals surface area contributed by atoms with Crippen molar-refractivity contribution in [3.05, 3.63) is 111 Å². The predicted octanol–water partition coefficient (Wildman–Crippen LogP) is 6.25. The zero-order valence-electron chi connectivity index (χ0n) is 24.2. The van der Waals surface area contributed by atoms with Crippen LogP contribution in [0.25, 0.3) is 4.91 Å². The zero-order chi connectivity index (χ0) is 30.7. The van der Waals surface area contributed by atoms with Crippen molar-refractivity contribution in [3.8, 4) is 0 Å². The molecule has 10 heteroatoms. The van der Waals surface area contributed by atoms with Crippen LogP contribution in [0.15, 0.2) is 72.3 Å². The number of hydrogen-bond acceptors (Lipinski definition) is 6. The van der Waals surface area contributed by atoms with E-state index < -0.39 is 21.5 Å². The molecule has 6 nitrogen and oxygen atoms in total. The lowest BCUT2D eigenvalue weighted by molar-refractivity contribution is -0.149. The van der Waals surface area contributed by atoms with E-state index in [1.807, 2.05) is 31.2 Å². The number of ether oxygens (including phenoxy) is 1. The van der Waals surface area contributed by atoms with E-state index in [1.54, 1.807) is 0 Å². The number of piperidine rings is 1. The quantitative estimate of drug-likeness (QED) is 0.261. The molecule has 1 unspecified atom stereocenters. The second kappa shape index (κ2) is 13.3. The van der Waals surface area contributed by atoms with Crippen LogP contribution in [-0.4, -0.2) is 63.2 Å². The van der Waals surface area contributed by atoms with Gasteiger partial charge in [0.05, 0.1) is 23.5 Å². The Morgan fingerprint density at radius 1 is 0.953 bits per heavy atom. The lowest BCUT2D eigenvalue weighted by Crippen LogP contribution is -2.44. The first-order chi connectivity index (χ1) is 20.5. The van der Waals surface area contributed by atoms with Gasteiger partial charge in [0.25, 0.3) is 0 Å². The Morgan fingerprint density at radius 2 is 1.51 bits per heavy atom. The van der Waals surface area contributed by atoms with Crippen molar-refractivity contribution >= 4 is 32.3 Å². The monoisotopic (exact) mass is 628 g/mol.